The second-order valence-corrected chi connectivity index (χ2v) is 6.54. The lowest BCUT2D eigenvalue weighted by Crippen LogP contribution is -2.64. The third-order valence-electron chi connectivity index (χ3n) is 4.54. The van der Waals surface area contributed by atoms with E-state index in [2.05, 4.69) is 6.92 Å². The van der Waals surface area contributed by atoms with Gasteiger partial charge in [0.25, 0.3) is 0 Å². The molecule has 0 spiro atoms. The maximum atomic E-state index is 12.8. The number of benzene rings is 1. The van der Waals surface area contributed by atoms with Gasteiger partial charge in [-0.1, -0.05) is 57.0 Å². The molecule has 1 aliphatic heterocycles. The Bertz CT molecular complexity index is 578. The molecule has 2 rings (SSSR count). The molecule has 2 N–H and O–H groups in total. The summed E-state index contributed by atoms with van der Waals surface area (Å²) in [7, 11) is 0. The molecule has 0 aliphatic carbocycles. The first-order valence-corrected chi connectivity index (χ1v) is 8.96. The Morgan fingerprint density at radius 1 is 1.36 bits per heavy atom. The molecule has 1 aromatic rings. The van der Waals surface area contributed by atoms with E-state index < -0.39 is 11.6 Å². The standard InChI is InChI=1S/C19H28N2O4/c1-3-4-8-13-25-21(19(20)15(2)14-24-18(19)23)17(22)12-11-16-9-6-5-7-10-16/h5-7,9-10,15H,3-4,8,11-14,20H2,1-2H3/t15-,19+/m1/s1. The van der Waals surface area contributed by atoms with E-state index >= 15 is 0 Å². The largest absolute Gasteiger partial charge is 0.462 e. The van der Waals surface area contributed by atoms with E-state index in [0.29, 0.717) is 13.0 Å². The number of esters is 1. The van der Waals surface area contributed by atoms with Gasteiger partial charge in [0.2, 0.25) is 11.6 Å². The van der Waals surface area contributed by atoms with Crippen LogP contribution in [0.15, 0.2) is 30.3 Å². The number of cyclic esters (lactones) is 1. The number of amides is 1. The zero-order valence-electron chi connectivity index (χ0n) is 15.1. The second-order valence-electron chi connectivity index (χ2n) is 6.54. The van der Waals surface area contributed by atoms with Crippen LogP contribution in [0.25, 0.3) is 0 Å². The number of nitrogens with two attached hydrogens (primary N) is 1. The Kier molecular flexibility index (Phi) is 6.96. The van der Waals surface area contributed by atoms with Gasteiger partial charge in [0.1, 0.15) is 0 Å². The summed E-state index contributed by atoms with van der Waals surface area (Å²) in [4.78, 5) is 30.7. The lowest BCUT2D eigenvalue weighted by molar-refractivity contribution is -0.227. The van der Waals surface area contributed by atoms with E-state index in [4.69, 9.17) is 15.3 Å². The molecule has 0 unspecified atom stereocenters. The lowest BCUT2D eigenvalue weighted by Gasteiger charge is -2.36. The average Bonchev–Trinajstić information content (AvgIpc) is 2.88. The fourth-order valence-electron chi connectivity index (χ4n) is 2.82. The van der Waals surface area contributed by atoms with E-state index in [1.165, 1.54) is 0 Å². The molecule has 0 aromatic heterocycles. The monoisotopic (exact) mass is 348 g/mol. The molecule has 0 saturated carbocycles. The van der Waals surface area contributed by atoms with Crippen LogP contribution in [0.3, 0.4) is 0 Å². The number of carbonyl (C=O) groups is 2. The van der Waals surface area contributed by atoms with Crippen LogP contribution in [0.5, 0.6) is 0 Å². The van der Waals surface area contributed by atoms with Gasteiger partial charge in [-0.25, -0.2) is 4.79 Å². The molecule has 2 atom stereocenters. The van der Waals surface area contributed by atoms with Crippen LogP contribution in [0.1, 0.15) is 45.1 Å². The first kappa shape index (κ1) is 19.4. The van der Waals surface area contributed by atoms with Gasteiger partial charge in [-0.3, -0.25) is 15.4 Å². The van der Waals surface area contributed by atoms with Crippen molar-refractivity contribution in [1.29, 1.82) is 0 Å². The number of hydroxylamine groups is 2. The van der Waals surface area contributed by atoms with Crippen molar-refractivity contribution >= 4 is 11.9 Å². The van der Waals surface area contributed by atoms with Crippen molar-refractivity contribution in [1.82, 2.24) is 5.06 Å². The van der Waals surface area contributed by atoms with Gasteiger partial charge in [0, 0.05) is 12.3 Å². The van der Waals surface area contributed by atoms with Crippen LogP contribution in [-0.2, 0) is 25.6 Å². The van der Waals surface area contributed by atoms with Gasteiger partial charge in [0.05, 0.1) is 13.2 Å². The number of unbranched alkanes of at least 4 members (excludes halogenated alkanes) is 2. The number of rotatable bonds is 9. The third kappa shape index (κ3) is 4.58. The van der Waals surface area contributed by atoms with Crippen molar-refractivity contribution in [2.75, 3.05) is 13.2 Å². The number of ether oxygens (including phenoxy) is 1. The Hall–Kier alpha value is -1.92. The SMILES string of the molecule is CCCCCON(C(=O)CCc1ccccc1)[C@]1(N)C(=O)OC[C@H]1C. The summed E-state index contributed by atoms with van der Waals surface area (Å²) >= 11 is 0. The number of hydrogen-bond donors (Lipinski definition) is 1. The van der Waals surface area contributed by atoms with Crippen molar-refractivity contribution in [2.45, 2.75) is 51.6 Å². The maximum Gasteiger partial charge on any atom is 0.349 e. The highest BCUT2D eigenvalue weighted by Gasteiger charge is 2.54. The zero-order chi connectivity index (χ0) is 18.3. The molecule has 1 heterocycles. The van der Waals surface area contributed by atoms with Gasteiger partial charge < -0.3 is 4.74 Å². The molecule has 1 amide bonds. The minimum absolute atomic E-state index is 0.191. The summed E-state index contributed by atoms with van der Waals surface area (Å²) in [5, 5.41) is 1.07. The predicted molar refractivity (Wildman–Crippen MR) is 94.1 cm³/mol. The zero-order valence-corrected chi connectivity index (χ0v) is 15.1. The van der Waals surface area contributed by atoms with Gasteiger partial charge in [-0.05, 0) is 18.4 Å². The lowest BCUT2D eigenvalue weighted by atomic mass is 9.97. The van der Waals surface area contributed by atoms with Gasteiger partial charge in [-0.15, -0.1) is 0 Å². The fourth-order valence-corrected chi connectivity index (χ4v) is 2.82. The highest BCUT2D eigenvalue weighted by atomic mass is 16.7. The fraction of sp³-hybridized carbons (Fsp3) is 0.579. The number of aryl methyl sites for hydroxylation is 1. The number of carbonyl (C=O) groups excluding carboxylic acids is 2. The van der Waals surface area contributed by atoms with Gasteiger partial charge in [-0.2, -0.15) is 5.06 Å². The second kappa shape index (κ2) is 8.97. The van der Waals surface area contributed by atoms with Crippen molar-refractivity contribution in [3.8, 4) is 0 Å². The molecular weight excluding hydrogens is 320 g/mol. The first-order valence-electron chi connectivity index (χ1n) is 8.96. The predicted octanol–water partition coefficient (Wildman–Crippen LogP) is 2.42. The van der Waals surface area contributed by atoms with E-state index in [1.54, 1.807) is 6.92 Å². The Morgan fingerprint density at radius 2 is 2.08 bits per heavy atom. The summed E-state index contributed by atoms with van der Waals surface area (Å²) in [5.74, 6) is -1.23. The molecule has 0 radical (unpaired) electrons. The number of hydrogen-bond acceptors (Lipinski definition) is 5. The summed E-state index contributed by atoms with van der Waals surface area (Å²) in [6.45, 7) is 4.42. The van der Waals surface area contributed by atoms with Crippen molar-refractivity contribution in [3.63, 3.8) is 0 Å². The molecule has 0 bridgehead atoms. The van der Waals surface area contributed by atoms with Crippen LogP contribution >= 0.6 is 0 Å². The van der Waals surface area contributed by atoms with Crippen LogP contribution in [0.4, 0.5) is 0 Å². The summed E-state index contributed by atoms with van der Waals surface area (Å²) in [5.41, 5.74) is 5.78. The van der Waals surface area contributed by atoms with Crippen molar-refractivity contribution in [2.24, 2.45) is 11.7 Å². The Morgan fingerprint density at radius 3 is 2.68 bits per heavy atom. The van der Waals surface area contributed by atoms with Crippen LogP contribution in [-0.4, -0.2) is 35.8 Å². The smallest absolute Gasteiger partial charge is 0.349 e. The summed E-state index contributed by atoms with van der Waals surface area (Å²) < 4.78 is 5.06. The van der Waals surface area contributed by atoms with Crippen LogP contribution in [0.2, 0.25) is 0 Å². The molecule has 1 aliphatic rings. The van der Waals surface area contributed by atoms with E-state index in [1.807, 2.05) is 30.3 Å². The van der Waals surface area contributed by atoms with E-state index in [0.717, 1.165) is 29.9 Å². The Labute approximate surface area is 149 Å². The van der Waals surface area contributed by atoms with Gasteiger partial charge in [0.15, 0.2) is 0 Å². The molecule has 6 nitrogen and oxygen atoms in total. The van der Waals surface area contributed by atoms with Gasteiger partial charge >= 0.3 is 5.97 Å². The molecule has 1 fully saturated rings. The van der Waals surface area contributed by atoms with E-state index in [9.17, 15) is 9.59 Å². The third-order valence-corrected chi connectivity index (χ3v) is 4.54. The highest BCUT2D eigenvalue weighted by Crippen LogP contribution is 2.29. The normalized spacial score (nSPS) is 22.7. The average molecular weight is 348 g/mol. The molecule has 6 heteroatoms. The van der Waals surface area contributed by atoms with Crippen molar-refractivity contribution < 1.29 is 19.2 Å². The summed E-state index contributed by atoms with van der Waals surface area (Å²) in [6.07, 6.45) is 3.62. The molecular formula is C19H28N2O4. The van der Waals surface area contributed by atoms with Crippen LogP contribution in [0, 0.1) is 5.92 Å². The minimum Gasteiger partial charge on any atom is -0.462 e. The topological polar surface area (TPSA) is 81.9 Å². The Balaban J connectivity index is 2.07. The van der Waals surface area contributed by atoms with Crippen molar-refractivity contribution in [3.05, 3.63) is 35.9 Å². The highest BCUT2D eigenvalue weighted by molar-refractivity contribution is 5.88. The quantitative estimate of drug-likeness (QED) is 0.321. The summed E-state index contributed by atoms with van der Waals surface area (Å²) in [6, 6.07) is 9.72. The first-order chi connectivity index (χ1) is 12.0. The molecule has 1 saturated heterocycles. The van der Waals surface area contributed by atoms with E-state index in [-0.39, 0.29) is 24.9 Å². The minimum atomic E-state index is -1.56. The number of nitrogens with zero attached hydrogens (tertiary/aromatic N) is 1. The molecule has 138 valence electrons. The maximum absolute atomic E-state index is 12.8. The molecule has 25 heavy (non-hydrogen) atoms. The molecule has 1 aromatic carbocycles. The van der Waals surface area contributed by atoms with Crippen LogP contribution < -0.4 is 5.73 Å².